The Morgan fingerprint density at radius 3 is 2.45 bits per heavy atom. The van der Waals surface area contributed by atoms with Gasteiger partial charge in [-0.25, -0.2) is 23.4 Å². The molecule has 1 aliphatic rings. The number of anilines is 1. The van der Waals surface area contributed by atoms with E-state index in [1.54, 1.807) is 0 Å². The second-order valence-electron chi connectivity index (χ2n) is 5.89. The fourth-order valence-corrected chi connectivity index (χ4v) is 3.49. The molecule has 14 heteroatoms. The van der Waals surface area contributed by atoms with E-state index in [2.05, 4.69) is 9.72 Å². The van der Waals surface area contributed by atoms with Crippen LogP contribution >= 0.6 is 11.6 Å². The molecule has 1 aromatic rings. The number of sulfone groups is 1. The number of hydrogen-bond acceptors (Lipinski definition) is 6. The summed E-state index contributed by atoms with van der Waals surface area (Å²) in [5.41, 5.74) is 0. The monoisotopic (exact) mass is 463 g/mol. The summed E-state index contributed by atoms with van der Waals surface area (Å²) < 4.78 is 92.0. The fraction of sp³-hybridized carbons (Fsp3) is 0.467. The number of alkyl halides is 5. The third-order valence-corrected chi connectivity index (χ3v) is 5.97. The number of hydrogen-bond donors (Lipinski definition) is 0. The van der Waals surface area contributed by atoms with Crippen LogP contribution in [0.5, 0.6) is 0 Å². The van der Waals surface area contributed by atoms with Crippen LogP contribution in [0.15, 0.2) is 34.0 Å². The number of aromatic nitrogens is 1. The molecule has 0 saturated heterocycles. The summed E-state index contributed by atoms with van der Waals surface area (Å²) in [7, 11) is -2.55. The summed E-state index contributed by atoms with van der Waals surface area (Å²) in [6.45, 7) is -1.17. The lowest BCUT2D eigenvalue weighted by molar-refractivity contribution is -0.294. The first kappa shape index (κ1) is 23.3. The van der Waals surface area contributed by atoms with E-state index in [1.807, 2.05) is 0 Å². The summed E-state index contributed by atoms with van der Waals surface area (Å²) in [6, 6.07) is 2.56. The van der Waals surface area contributed by atoms with Crippen LogP contribution in [0.4, 0.5) is 27.8 Å². The number of pyridine rings is 1. The van der Waals surface area contributed by atoms with Crippen molar-refractivity contribution in [1.29, 1.82) is 0 Å². The highest BCUT2D eigenvalue weighted by atomic mass is 35.5. The maximum Gasteiger partial charge on any atom is 0.456 e. The van der Waals surface area contributed by atoms with Gasteiger partial charge >= 0.3 is 12.1 Å². The van der Waals surface area contributed by atoms with Crippen LogP contribution in [0.2, 0.25) is 0 Å². The molecule has 1 aliphatic heterocycles. The number of carbonyl (C=O) groups is 1. The van der Waals surface area contributed by atoms with Crippen LogP contribution in [-0.4, -0.2) is 62.4 Å². The van der Waals surface area contributed by atoms with Gasteiger partial charge in [-0.3, -0.25) is 4.79 Å². The summed E-state index contributed by atoms with van der Waals surface area (Å²) in [6.07, 6.45) is -4.62. The van der Waals surface area contributed by atoms with E-state index < -0.39 is 51.8 Å². The molecular formula is C15H15ClF5N3O4S. The first-order chi connectivity index (χ1) is 13.2. The molecule has 0 saturated carbocycles. The lowest BCUT2D eigenvalue weighted by Gasteiger charge is -2.36. The number of ether oxygens (including phenoxy) is 1. The van der Waals surface area contributed by atoms with Crippen LogP contribution in [0.1, 0.15) is 6.92 Å². The van der Waals surface area contributed by atoms with Gasteiger partial charge in [-0.2, -0.15) is 22.0 Å². The van der Waals surface area contributed by atoms with Gasteiger partial charge < -0.3 is 4.74 Å². The standard InChI is InChI=1S/C15H15ClF5N3O4S/c1-3-29(26,27)10-5-4-6-22-12(10)24-13(25)11(16)9(7-23(24)2)28-8-14(17,18)15(19,20)21/h4-6H,3,7-8H2,1-2H3. The Hall–Kier alpha value is -1.99. The number of likely N-dealkylation sites (N-methyl/N-ethyl adjacent to an activating group) is 1. The average molecular weight is 464 g/mol. The zero-order valence-corrected chi connectivity index (χ0v) is 16.6. The first-order valence-corrected chi connectivity index (χ1v) is 9.95. The maximum atomic E-state index is 13.1. The highest BCUT2D eigenvalue weighted by molar-refractivity contribution is 7.91. The van der Waals surface area contributed by atoms with E-state index in [4.69, 9.17) is 11.6 Å². The largest absolute Gasteiger partial charge is 0.488 e. The van der Waals surface area contributed by atoms with Gasteiger partial charge in [0.15, 0.2) is 22.3 Å². The molecule has 2 heterocycles. The van der Waals surface area contributed by atoms with Gasteiger partial charge in [0.2, 0.25) is 0 Å². The van der Waals surface area contributed by atoms with E-state index >= 15 is 0 Å². The Balaban J connectivity index is 2.38. The Labute approximate surface area is 167 Å². The molecule has 0 N–H and O–H groups in total. The third-order valence-electron chi connectivity index (χ3n) is 3.85. The molecule has 29 heavy (non-hydrogen) atoms. The van der Waals surface area contributed by atoms with Crippen LogP contribution in [-0.2, 0) is 19.4 Å². The predicted molar refractivity (Wildman–Crippen MR) is 91.9 cm³/mol. The average Bonchev–Trinajstić information content (AvgIpc) is 2.63. The molecule has 0 bridgehead atoms. The van der Waals surface area contributed by atoms with Gasteiger partial charge in [-0.1, -0.05) is 18.5 Å². The number of carbonyl (C=O) groups excluding carboxylic acids is 1. The SMILES string of the molecule is CCS(=O)(=O)c1cccnc1N1C(=O)C(Cl)=C(OCC(F)(F)C(F)(F)F)CN1C. The van der Waals surface area contributed by atoms with Crippen LogP contribution in [0.25, 0.3) is 0 Å². The second kappa shape index (κ2) is 8.03. The highest BCUT2D eigenvalue weighted by Crippen LogP contribution is 2.37. The Morgan fingerprint density at radius 1 is 1.28 bits per heavy atom. The van der Waals surface area contributed by atoms with Gasteiger partial charge in [0, 0.05) is 13.2 Å². The van der Waals surface area contributed by atoms with Crippen molar-refractivity contribution in [2.45, 2.75) is 23.9 Å². The molecule has 0 spiro atoms. The smallest absolute Gasteiger partial charge is 0.456 e. The number of nitrogens with zero attached hydrogens (tertiary/aromatic N) is 3. The third kappa shape index (κ3) is 4.61. The number of halogens is 6. The van der Waals surface area contributed by atoms with Gasteiger partial charge in [0.05, 0.1) is 12.3 Å². The van der Waals surface area contributed by atoms with Crippen molar-refractivity contribution >= 4 is 33.2 Å². The van der Waals surface area contributed by atoms with Crippen molar-refractivity contribution in [3.05, 3.63) is 29.1 Å². The van der Waals surface area contributed by atoms with Crippen molar-refractivity contribution in [2.75, 3.05) is 31.0 Å². The zero-order chi connectivity index (χ0) is 22.2. The van der Waals surface area contributed by atoms with E-state index in [-0.39, 0.29) is 16.5 Å². The normalized spacial score (nSPS) is 17.1. The zero-order valence-electron chi connectivity index (χ0n) is 15.0. The van der Waals surface area contributed by atoms with Gasteiger partial charge in [0.25, 0.3) is 5.91 Å². The summed E-state index contributed by atoms with van der Waals surface area (Å²) >= 11 is 5.82. The summed E-state index contributed by atoms with van der Waals surface area (Å²) in [4.78, 5) is 16.2. The first-order valence-electron chi connectivity index (χ1n) is 7.92. The molecule has 0 atom stereocenters. The lowest BCUT2D eigenvalue weighted by atomic mass is 10.3. The topological polar surface area (TPSA) is 79.8 Å². The minimum Gasteiger partial charge on any atom is -0.488 e. The van der Waals surface area contributed by atoms with Crippen LogP contribution < -0.4 is 5.01 Å². The van der Waals surface area contributed by atoms with Gasteiger partial charge in [-0.05, 0) is 12.1 Å². The molecular weight excluding hydrogens is 449 g/mol. The number of amides is 1. The minimum atomic E-state index is -5.84. The van der Waals surface area contributed by atoms with Gasteiger partial charge in [-0.15, -0.1) is 0 Å². The van der Waals surface area contributed by atoms with E-state index in [0.29, 0.717) is 0 Å². The molecule has 162 valence electrons. The molecule has 0 aliphatic carbocycles. The molecule has 0 unspecified atom stereocenters. The fourth-order valence-electron chi connectivity index (χ4n) is 2.28. The van der Waals surface area contributed by atoms with Crippen molar-refractivity contribution in [3.63, 3.8) is 0 Å². The van der Waals surface area contributed by atoms with Crippen LogP contribution in [0.3, 0.4) is 0 Å². The molecule has 0 fully saturated rings. The summed E-state index contributed by atoms with van der Waals surface area (Å²) in [5.74, 6) is -7.45. The Bertz CT molecular complexity index is 936. The summed E-state index contributed by atoms with van der Waals surface area (Å²) in [5, 5.41) is 1.04. The van der Waals surface area contributed by atoms with Crippen molar-refractivity contribution in [3.8, 4) is 0 Å². The number of rotatable bonds is 6. The predicted octanol–water partition coefficient (Wildman–Crippen LogP) is 2.73. The molecule has 7 nitrogen and oxygen atoms in total. The highest BCUT2D eigenvalue weighted by Gasteiger charge is 2.58. The van der Waals surface area contributed by atoms with E-state index in [1.165, 1.54) is 32.3 Å². The molecule has 2 rings (SSSR count). The molecule has 1 aromatic heterocycles. The van der Waals surface area contributed by atoms with E-state index in [9.17, 15) is 35.2 Å². The van der Waals surface area contributed by atoms with Gasteiger partial charge in [0.1, 0.15) is 15.7 Å². The van der Waals surface area contributed by atoms with Crippen molar-refractivity contribution in [2.24, 2.45) is 0 Å². The Kier molecular flexibility index (Phi) is 6.45. The number of hydrazine groups is 1. The Morgan fingerprint density at radius 2 is 1.90 bits per heavy atom. The van der Waals surface area contributed by atoms with Crippen LogP contribution in [0, 0.1) is 0 Å². The van der Waals surface area contributed by atoms with Crippen molar-refractivity contribution in [1.82, 2.24) is 9.99 Å². The van der Waals surface area contributed by atoms with Crippen molar-refractivity contribution < 1.29 is 39.9 Å². The molecule has 0 radical (unpaired) electrons. The second-order valence-corrected chi connectivity index (χ2v) is 8.51. The molecule has 0 aromatic carbocycles. The lowest BCUT2D eigenvalue weighted by Crippen LogP contribution is -2.51. The molecule has 1 amide bonds. The minimum absolute atomic E-state index is 0.278. The maximum absolute atomic E-state index is 13.1. The quantitative estimate of drug-likeness (QED) is 0.604. The van der Waals surface area contributed by atoms with E-state index in [0.717, 1.165) is 10.0 Å².